The topological polar surface area (TPSA) is 29.9 Å². The van der Waals surface area contributed by atoms with Crippen LogP contribution in [0.1, 0.15) is 18.5 Å². The minimum Gasteiger partial charge on any atom is -0.494 e. The summed E-state index contributed by atoms with van der Waals surface area (Å²) in [7, 11) is 1.66. The van der Waals surface area contributed by atoms with E-state index in [-0.39, 0.29) is 6.04 Å². The number of fused-ring (bicyclic) bond motifs is 1. The van der Waals surface area contributed by atoms with Crippen LogP contribution in [0.3, 0.4) is 0 Å². The van der Waals surface area contributed by atoms with Crippen LogP contribution in [0.2, 0.25) is 5.02 Å². The van der Waals surface area contributed by atoms with E-state index >= 15 is 0 Å². The first-order chi connectivity index (χ1) is 10.1. The number of H-pyrrole nitrogens is 1. The maximum absolute atomic E-state index is 6.09. The summed E-state index contributed by atoms with van der Waals surface area (Å²) in [5.74, 6) is 0.788. The van der Waals surface area contributed by atoms with Crippen molar-refractivity contribution in [1.29, 1.82) is 0 Å². The quantitative estimate of drug-likeness (QED) is 0.691. The third kappa shape index (κ3) is 2.45. The Labute approximate surface area is 133 Å². The van der Waals surface area contributed by atoms with E-state index in [9.17, 15) is 0 Å². The van der Waals surface area contributed by atoms with Crippen molar-refractivity contribution in [3.05, 3.63) is 57.8 Å². The molecule has 1 atom stereocenters. The summed E-state index contributed by atoms with van der Waals surface area (Å²) in [6, 6.07) is 13.8. The maximum atomic E-state index is 6.09. The number of benzene rings is 2. The van der Waals surface area contributed by atoms with Gasteiger partial charge in [-0.05, 0) is 49.0 Å². The van der Waals surface area contributed by atoms with E-state index in [2.05, 4.69) is 22.5 Å². The average Bonchev–Trinajstić information content (AvgIpc) is 2.82. The predicted octanol–water partition coefficient (Wildman–Crippen LogP) is 4.97. The Hall–Kier alpha value is -1.78. The van der Waals surface area contributed by atoms with Gasteiger partial charge in [-0.1, -0.05) is 29.8 Å². The zero-order valence-corrected chi connectivity index (χ0v) is 13.3. The second-order valence-electron chi connectivity index (χ2n) is 4.89. The Morgan fingerprint density at radius 3 is 2.71 bits per heavy atom. The van der Waals surface area contributed by atoms with Crippen LogP contribution in [0.5, 0.6) is 5.75 Å². The molecule has 0 aliphatic carbocycles. The molecular weight excluding hydrogens is 304 g/mol. The molecule has 1 N–H and O–H groups in total. The van der Waals surface area contributed by atoms with E-state index in [0.717, 1.165) is 27.4 Å². The van der Waals surface area contributed by atoms with Crippen LogP contribution >= 0.6 is 23.8 Å². The van der Waals surface area contributed by atoms with Crippen LogP contribution in [0.25, 0.3) is 11.0 Å². The molecule has 0 spiro atoms. The number of halogens is 1. The number of rotatable bonds is 3. The molecule has 3 rings (SSSR count). The van der Waals surface area contributed by atoms with Crippen molar-refractivity contribution in [2.45, 2.75) is 13.0 Å². The number of methoxy groups -OCH3 is 1. The van der Waals surface area contributed by atoms with Crippen molar-refractivity contribution in [1.82, 2.24) is 9.55 Å². The number of ether oxygens (including phenoxy) is 1. The molecule has 3 nitrogen and oxygen atoms in total. The van der Waals surface area contributed by atoms with Crippen molar-refractivity contribution < 1.29 is 4.74 Å². The summed E-state index contributed by atoms with van der Waals surface area (Å²) in [5, 5.41) is 0.725. The highest BCUT2D eigenvalue weighted by Gasteiger charge is 2.15. The van der Waals surface area contributed by atoms with Crippen LogP contribution in [0.15, 0.2) is 42.5 Å². The molecule has 3 aromatic rings. The fourth-order valence-corrected chi connectivity index (χ4v) is 3.15. The van der Waals surface area contributed by atoms with Crippen LogP contribution < -0.4 is 4.74 Å². The first kappa shape index (κ1) is 14.2. The summed E-state index contributed by atoms with van der Waals surface area (Å²) in [6.07, 6.45) is 0. The summed E-state index contributed by atoms with van der Waals surface area (Å²) in [4.78, 5) is 3.23. The number of nitrogens with zero attached hydrogens (tertiary/aromatic N) is 1. The molecule has 21 heavy (non-hydrogen) atoms. The second-order valence-corrected chi connectivity index (χ2v) is 5.71. The lowest BCUT2D eigenvalue weighted by Gasteiger charge is -2.15. The van der Waals surface area contributed by atoms with E-state index < -0.39 is 0 Å². The zero-order valence-electron chi connectivity index (χ0n) is 11.8. The van der Waals surface area contributed by atoms with E-state index in [0.29, 0.717) is 4.77 Å². The Morgan fingerprint density at radius 1 is 1.24 bits per heavy atom. The van der Waals surface area contributed by atoms with Crippen molar-refractivity contribution in [2.24, 2.45) is 0 Å². The third-order valence-electron chi connectivity index (χ3n) is 3.65. The molecule has 1 unspecified atom stereocenters. The molecule has 1 heterocycles. The van der Waals surface area contributed by atoms with Gasteiger partial charge in [0.2, 0.25) is 0 Å². The number of para-hydroxylation sites is 1. The maximum Gasteiger partial charge on any atom is 0.178 e. The van der Waals surface area contributed by atoms with Crippen molar-refractivity contribution in [3.63, 3.8) is 0 Å². The largest absolute Gasteiger partial charge is 0.494 e. The first-order valence-corrected chi connectivity index (χ1v) is 7.43. The molecule has 0 bridgehead atoms. The molecule has 0 fully saturated rings. The predicted molar refractivity (Wildman–Crippen MR) is 88.9 cm³/mol. The van der Waals surface area contributed by atoms with Gasteiger partial charge in [0.1, 0.15) is 11.3 Å². The summed E-state index contributed by atoms with van der Waals surface area (Å²) in [5.41, 5.74) is 3.05. The lowest BCUT2D eigenvalue weighted by Crippen LogP contribution is -2.06. The average molecular weight is 319 g/mol. The summed E-state index contributed by atoms with van der Waals surface area (Å²) >= 11 is 11.6. The van der Waals surface area contributed by atoms with Crippen molar-refractivity contribution in [3.8, 4) is 5.75 Å². The summed E-state index contributed by atoms with van der Waals surface area (Å²) < 4.78 is 8.14. The molecule has 0 amide bonds. The zero-order chi connectivity index (χ0) is 15.0. The van der Waals surface area contributed by atoms with Crippen LogP contribution in [-0.2, 0) is 0 Å². The highest BCUT2D eigenvalue weighted by Crippen LogP contribution is 2.30. The highest BCUT2D eigenvalue weighted by molar-refractivity contribution is 7.71. The Balaban J connectivity index is 2.21. The van der Waals surface area contributed by atoms with Crippen LogP contribution in [0.4, 0.5) is 0 Å². The molecule has 0 aliphatic rings. The SMILES string of the molecule is COc1cccc2c1[nH]c(=S)n2C(C)c1cccc(Cl)c1. The van der Waals surface area contributed by atoms with Crippen molar-refractivity contribution in [2.75, 3.05) is 7.11 Å². The van der Waals surface area contributed by atoms with Gasteiger partial charge in [0.25, 0.3) is 0 Å². The number of imidazole rings is 1. The van der Waals surface area contributed by atoms with Gasteiger partial charge in [0.15, 0.2) is 4.77 Å². The number of hydrogen-bond donors (Lipinski definition) is 1. The van der Waals surface area contributed by atoms with E-state index in [1.54, 1.807) is 7.11 Å². The van der Waals surface area contributed by atoms with Gasteiger partial charge < -0.3 is 14.3 Å². The molecule has 0 radical (unpaired) electrons. The number of aromatic amines is 1. The van der Waals surface area contributed by atoms with E-state index in [1.807, 2.05) is 36.4 Å². The monoisotopic (exact) mass is 318 g/mol. The molecule has 2 aromatic carbocycles. The first-order valence-electron chi connectivity index (χ1n) is 6.64. The van der Waals surface area contributed by atoms with Crippen LogP contribution in [0, 0.1) is 4.77 Å². The van der Waals surface area contributed by atoms with Gasteiger partial charge in [-0.15, -0.1) is 0 Å². The van der Waals surface area contributed by atoms with E-state index in [4.69, 9.17) is 28.6 Å². The van der Waals surface area contributed by atoms with Crippen LogP contribution in [-0.4, -0.2) is 16.7 Å². The molecule has 0 saturated carbocycles. The van der Waals surface area contributed by atoms with E-state index in [1.165, 1.54) is 0 Å². The van der Waals surface area contributed by atoms with Gasteiger partial charge in [-0.2, -0.15) is 0 Å². The standard InChI is InChI=1S/C16H15ClN2OS/c1-10(11-5-3-6-12(17)9-11)19-13-7-4-8-14(20-2)15(13)18-16(19)21/h3-10H,1-2H3,(H,18,21). The summed E-state index contributed by atoms with van der Waals surface area (Å²) in [6.45, 7) is 2.11. The Morgan fingerprint density at radius 2 is 2.00 bits per heavy atom. The number of nitrogens with one attached hydrogen (secondary N) is 1. The Bertz CT molecular complexity index is 853. The molecule has 0 aliphatic heterocycles. The molecule has 5 heteroatoms. The highest BCUT2D eigenvalue weighted by atomic mass is 35.5. The number of aromatic nitrogens is 2. The lowest BCUT2D eigenvalue weighted by atomic mass is 10.1. The fraction of sp³-hybridized carbons (Fsp3) is 0.188. The minimum atomic E-state index is 0.0806. The molecule has 108 valence electrons. The molecule has 1 aromatic heterocycles. The normalized spacial score (nSPS) is 12.5. The fourth-order valence-electron chi connectivity index (χ4n) is 2.59. The third-order valence-corrected chi connectivity index (χ3v) is 4.19. The van der Waals surface area contributed by atoms with Gasteiger partial charge in [0.05, 0.1) is 18.7 Å². The molecule has 0 saturated heterocycles. The smallest absolute Gasteiger partial charge is 0.178 e. The van der Waals surface area contributed by atoms with Gasteiger partial charge in [-0.3, -0.25) is 0 Å². The minimum absolute atomic E-state index is 0.0806. The van der Waals surface area contributed by atoms with Crippen molar-refractivity contribution >= 4 is 34.9 Å². The lowest BCUT2D eigenvalue weighted by molar-refractivity contribution is 0.419. The molecular formula is C16H15ClN2OS. The Kier molecular flexibility index (Phi) is 3.74. The van der Waals surface area contributed by atoms with Gasteiger partial charge in [0, 0.05) is 5.02 Å². The van der Waals surface area contributed by atoms with Gasteiger partial charge >= 0.3 is 0 Å². The van der Waals surface area contributed by atoms with Gasteiger partial charge in [-0.25, -0.2) is 0 Å². The second kappa shape index (κ2) is 5.54. The number of hydrogen-bond acceptors (Lipinski definition) is 2.